The predicted molar refractivity (Wildman–Crippen MR) is 47.3 cm³/mol. The average Bonchev–Trinajstić information content (AvgIpc) is 1.91. The summed E-state index contributed by atoms with van der Waals surface area (Å²) in [5.74, 6) is 0. The molecule has 60 valence electrons. The van der Waals surface area contributed by atoms with Gasteiger partial charge in [0.15, 0.2) is 0 Å². The molecule has 0 aliphatic heterocycles. The Bertz CT molecular complexity index is 57.7. The van der Waals surface area contributed by atoms with E-state index in [9.17, 15) is 0 Å². The minimum Gasteiger partial charge on any atom is -0.310 e. The lowest BCUT2D eigenvalue weighted by atomic mass is 10.2. The molecule has 0 unspecified atom stereocenters. The molecule has 0 atom stereocenters. The van der Waals surface area contributed by atoms with Gasteiger partial charge in [0.25, 0.3) is 0 Å². The Morgan fingerprint density at radius 3 is 2.20 bits per heavy atom. The molecule has 0 aliphatic rings. The lowest BCUT2D eigenvalue weighted by Gasteiger charge is -1.90. The van der Waals surface area contributed by atoms with Gasteiger partial charge >= 0.3 is 8.69 Å². The average molecular weight is 178 g/mol. The largest absolute Gasteiger partial charge is 0.324 e. The van der Waals surface area contributed by atoms with Crippen molar-refractivity contribution in [1.29, 1.82) is 0 Å². The van der Waals surface area contributed by atoms with Gasteiger partial charge < -0.3 is 4.89 Å². The van der Waals surface area contributed by atoms with E-state index >= 15 is 0 Å². The van der Waals surface area contributed by atoms with Crippen LogP contribution in [0.5, 0.6) is 0 Å². The van der Waals surface area contributed by atoms with Crippen LogP contribution >= 0.6 is 8.69 Å². The van der Waals surface area contributed by atoms with Gasteiger partial charge in [-0.05, 0) is 0 Å². The molecule has 0 saturated heterocycles. The van der Waals surface area contributed by atoms with Crippen molar-refractivity contribution in [3.05, 3.63) is 0 Å². The van der Waals surface area contributed by atoms with Gasteiger partial charge in [-0.2, -0.15) is 0 Å². The molecule has 0 bridgehead atoms. The van der Waals surface area contributed by atoms with E-state index in [1.807, 2.05) is 0 Å². The molecule has 1 N–H and O–H groups in total. The molecule has 10 heavy (non-hydrogen) atoms. The van der Waals surface area contributed by atoms with Crippen molar-refractivity contribution in [2.24, 2.45) is 0 Å². The lowest BCUT2D eigenvalue weighted by molar-refractivity contribution is 0.524. The van der Waals surface area contributed by atoms with Gasteiger partial charge in [-0.15, -0.1) is 5.28 Å². The third-order valence-electron chi connectivity index (χ3n) is 1.21. The Kier molecular flexibility index (Phi) is 21.5. The Labute approximate surface area is 72.7 Å². The van der Waals surface area contributed by atoms with Gasteiger partial charge in [0.1, 0.15) is 0 Å². The summed E-state index contributed by atoms with van der Waals surface area (Å²) < 4.78 is 8.46. The molecular formula is C6H16AlO2P. The van der Waals surface area contributed by atoms with Crippen LogP contribution in [0.15, 0.2) is 0 Å². The van der Waals surface area contributed by atoms with Crippen LogP contribution in [0.3, 0.4) is 0 Å². The second-order valence-electron chi connectivity index (χ2n) is 2.14. The maximum absolute atomic E-state index is 8.46. The molecule has 0 aromatic rings. The maximum Gasteiger partial charge on any atom is 0.324 e. The van der Waals surface area contributed by atoms with Crippen LogP contribution in [0.25, 0.3) is 0 Å². The van der Waals surface area contributed by atoms with E-state index in [-0.39, 0.29) is 0 Å². The highest BCUT2D eigenvalue weighted by molar-refractivity contribution is 7.16. The number of hydrogen-bond donors (Lipinski definition) is 1. The topological polar surface area (TPSA) is 37.3 Å². The van der Waals surface area contributed by atoms with Crippen LogP contribution < -0.4 is 0 Å². The fraction of sp³-hybridized carbons (Fsp3) is 1.00. The van der Waals surface area contributed by atoms with Crippen molar-refractivity contribution < 1.29 is 9.46 Å². The van der Waals surface area contributed by atoms with E-state index < -0.39 is 8.69 Å². The first kappa shape index (κ1) is 13.2. The molecule has 0 radical (unpaired) electrons. The first-order chi connectivity index (χ1) is 4.83. The molecule has 0 fully saturated rings. The zero-order chi connectivity index (χ0) is 8.24. The molecule has 2 nitrogen and oxygen atoms in total. The van der Waals surface area contributed by atoms with Crippen LogP contribution in [-0.2, 0) is 4.57 Å². The minimum absolute atomic E-state index is 0.833. The van der Waals surface area contributed by atoms with Crippen molar-refractivity contribution in [2.45, 2.75) is 37.9 Å². The minimum atomic E-state index is -0.833. The standard InChI is InChI=1S/C6H13.Al.HO2P.2H/c1-3-5-6-4-2;;1-3-2;;/h1,3-6H2,2H3;;(H,1,2);;. The van der Waals surface area contributed by atoms with Gasteiger partial charge in [0.05, 0.1) is 0 Å². The first-order valence-electron chi connectivity index (χ1n) is 3.80. The van der Waals surface area contributed by atoms with Gasteiger partial charge in [-0.3, -0.25) is 0 Å². The summed E-state index contributed by atoms with van der Waals surface area (Å²) in [4.78, 5) is 6.99. The molecular weight excluding hydrogens is 162 g/mol. The predicted octanol–water partition coefficient (Wildman–Crippen LogP) is 1.80. The van der Waals surface area contributed by atoms with Gasteiger partial charge in [0.2, 0.25) is 16.3 Å². The lowest BCUT2D eigenvalue weighted by Crippen LogP contribution is -1.72. The Balaban J connectivity index is 0. The van der Waals surface area contributed by atoms with Crippen LogP contribution in [0, 0.1) is 0 Å². The molecule has 4 heteroatoms. The molecule has 0 rings (SSSR count). The fourth-order valence-electron chi connectivity index (χ4n) is 0.677. The molecule has 0 saturated carbocycles. The maximum atomic E-state index is 8.46. The highest BCUT2D eigenvalue weighted by Gasteiger charge is 1.80. The third-order valence-corrected chi connectivity index (χ3v) is 1.91. The summed E-state index contributed by atoms with van der Waals surface area (Å²) >= 11 is 1.41. The number of hydrogen-bond acceptors (Lipinski definition) is 1. The summed E-state index contributed by atoms with van der Waals surface area (Å²) in [7, 11) is -0.833. The molecule has 0 amide bonds. The van der Waals surface area contributed by atoms with Crippen molar-refractivity contribution >= 4 is 25.0 Å². The van der Waals surface area contributed by atoms with E-state index in [0.717, 1.165) is 0 Å². The smallest absolute Gasteiger partial charge is 0.310 e. The van der Waals surface area contributed by atoms with Crippen LogP contribution in [0.2, 0.25) is 5.28 Å². The van der Waals surface area contributed by atoms with Crippen molar-refractivity contribution in [1.82, 2.24) is 0 Å². The highest BCUT2D eigenvalue weighted by atomic mass is 31.1. The fourth-order valence-corrected chi connectivity index (χ4v) is 1.18. The molecule has 0 heterocycles. The van der Waals surface area contributed by atoms with Crippen LogP contribution in [0.4, 0.5) is 0 Å². The van der Waals surface area contributed by atoms with Crippen molar-refractivity contribution in [3.63, 3.8) is 0 Å². The molecule has 0 spiro atoms. The van der Waals surface area contributed by atoms with Gasteiger partial charge in [-0.1, -0.05) is 32.6 Å². The monoisotopic (exact) mass is 178 g/mol. The Morgan fingerprint density at radius 1 is 1.40 bits per heavy atom. The number of unbranched alkanes of at least 4 members (excludes halogenated alkanes) is 3. The van der Waals surface area contributed by atoms with Gasteiger partial charge in [-0.25, -0.2) is 4.57 Å². The second kappa shape index (κ2) is 16.3. The zero-order valence-electron chi connectivity index (χ0n) is 6.84. The summed E-state index contributed by atoms with van der Waals surface area (Å²) in [6.07, 6.45) is 5.78. The SMILES string of the molecule is CCCCC[CH2][AlH2].O=PO. The van der Waals surface area contributed by atoms with Crippen molar-refractivity contribution in [2.75, 3.05) is 0 Å². The van der Waals surface area contributed by atoms with E-state index in [1.54, 1.807) is 0 Å². The van der Waals surface area contributed by atoms with Gasteiger partial charge in [0, 0.05) is 0 Å². The quantitative estimate of drug-likeness (QED) is 0.405. The molecule has 0 aromatic carbocycles. The summed E-state index contributed by atoms with van der Waals surface area (Å²) in [6.45, 7) is 2.26. The molecule has 0 aromatic heterocycles. The summed E-state index contributed by atoms with van der Waals surface area (Å²) in [5, 5.41) is 1.50. The molecule has 0 aliphatic carbocycles. The highest BCUT2D eigenvalue weighted by Crippen LogP contribution is 1.99. The third kappa shape index (κ3) is 23.5. The number of rotatable bonds is 4. The van der Waals surface area contributed by atoms with Crippen LogP contribution in [-0.4, -0.2) is 21.2 Å². The normalized spacial score (nSPS) is 8.60. The van der Waals surface area contributed by atoms with E-state index in [4.69, 9.17) is 9.46 Å². The van der Waals surface area contributed by atoms with Crippen LogP contribution in [0.1, 0.15) is 32.6 Å². The second-order valence-corrected chi connectivity index (χ2v) is 3.31. The van der Waals surface area contributed by atoms with Crippen molar-refractivity contribution in [3.8, 4) is 0 Å². The first-order valence-corrected chi connectivity index (χ1v) is 5.98. The Morgan fingerprint density at radius 2 is 1.90 bits per heavy atom. The van der Waals surface area contributed by atoms with E-state index in [2.05, 4.69) is 6.92 Å². The van der Waals surface area contributed by atoms with E-state index in [0.29, 0.717) is 0 Å². The zero-order valence-corrected chi connectivity index (χ0v) is 9.73. The summed E-state index contributed by atoms with van der Waals surface area (Å²) in [5.41, 5.74) is 0. The Hall–Kier alpha value is 0.592. The summed E-state index contributed by atoms with van der Waals surface area (Å²) in [6, 6.07) is 0. The van der Waals surface area contributed by atoms with E-state index in [1.165, 1.54) is 47.3 Å².